The molecule has 1 saturated heterocycles. The van der Waals surface area contributed by atoms with E-state index in [0.29, 0.717) is 41.3 Å². The molecule has 0 radical (unpaired) electrons. The molecule has 1 heterocycles. The van der Waals surface area contributed by atoms with Gasteiger partial charge in [0.1, 0.15) is 23.0 Å². The number of amides is 1. The third-order valence-corrected chi connectivity index (χ3v) is 6.52. The lowest BCUT2D eigenvalue weighted by Crippen LogP contribution is -2.31. The number of hydrogen-bond donors (Lipinski definition) is 1. The van der Waals surface area contributed by atoms with Gasteiger partial charge in [0.25, 0.3) is 11.7 Å². The molecule has 38 heavy (non-hydrogen) atoms. The number of methoxy groups -OCH3 is 1. The molecular formula is C32H27NO5. The van der Waals surface area contributed by atoms with Crippen LogP contribution in [0.2, 0.25) is 0 Å². The van der Waals surface area contributed by atoms with Gasteiger partial charge in [-0.25, -0.2) is 0 Å². The zero-order valence-corrected chi connectivity index (χ0v) is 20.9. The first-order valence-corrected chi connectivity index (χ1v) is 12.3. The van der Waals surface area contributed by atoms with Crippen molar-refractivity contribution in [2.45, 2.75) is 12.5 Å². The van der Waals surface area contributed by atoms with Gasteiger partial charge in [0.05, 0.1) is 18.7 Å². The van der Waals surface area contributed by atoms with E-state index in [-0.39, 0.29) is 11.3 Å². The summed E-state index contributed by atoms with van der Waals surface area (Å²) in [6, 6.07) is 32.4. The molecular weight excluding hydrogens is 478 g/mol. The average molecular weight is 506 g/mol. The summed E-state index contributed by atoms with van der Waals surface area (Å²) in [4.78, 5) is 28.2. The van der Waals surface area contributed by atoms with Crippen LogP contribution in [0.3, 0.4) is 0 Å². The van der Waals surface area contributed by atoms with Gasteiger partial charge in [0.15, 0.2) is 0 Å². The molecule has 6 nitrogen and oxygen atoms in total. The monoisotopic (exact) mass is 505 g/mol. The molecule has 4 aromatic rings. The van der Waals surface area contributed by atoms with Gasteiger partial charge in [0.2, 0.25) is 0 Å². The summed E-state index contributed by atoms with van der Waals surface area (Å²) in [7, 11) is 1.53. The molecule has 4 aromatic carbocycles. The number of carbonyl (C=O) groups excluding carboxylic acids is 2. The van der Waals surface area contributed by atoms with E-state index in [4.69, 9.17) is 9.47 Å². The smallest absolute Gasteiger partial charge is 0.295 e. The van der Waals surface area contributed by atoms with Gasteiger partial charge < -0.3 is 19.5 Å². The average Bonchev–Trinajstić information content (AvgIpc) is 3.22. The number of Topliss-reactive ketones (excluding diaryl/α,β-unsaturated/α-hetero) is 1. The Morgan fingerprint density at radius 1 is 0.789 bits per heavy atom. The SMILES string of the molecule is COc1cccc(C(O)=C2C(=O)C(=O)N(CCc3ccccc3)C2c2cccc(Oc3ccccc3)c2)c1. The molecule has 1 N–H and O–H groups in total. The molecule has 0 saturated carbocycles. The summed E-state index contributed by atoms with van der Waals surface area (Å²) in [6.45, 7) is 0.303. The minimum absolute atomic E-state index is 0.0353. The van der Waals surface area contributed by atoms with E-state index in [9.17, 15) is 14.7 Å². The molecule has 1 fully saturated rings. The highest BCUT2D eigenvalue weighted by molar-refractivity contribution is 6.46. The Bertz CT molecular complexity index is 1480. The third-order valence-electron chi connectivity index (χ3n) is 6.52. The fourth-order valence-corrected chi connectivity index (χ4v) is 4.65. The summed E-state index contributed by atoms with van der Waals surface area (Å²) in [6.07, 6.45) is 0.559. The van der Waals surface area contributed by atoms with Crippen LogP contribution >= 0.6 is 0 Å². The molecule has 190 valence electrons. The van der Waals surface area contributed by atoms with E-state index in [0.717, 1.165) is 5.56 Å². The highest BCUT2D eigenvalue weighted by atomic mass is 16.5. The Labute approximate surface area is 221 Å². The van der Waals surface area contributed by atoms with E-state index < -0.39 is 17.7 Å². The first-order valence-electron chi connectivity index (χ1n) is 12.3. The van der Waals surface area contributed by atoms with Crippen molar-refractivity contribution >= 4 is 17.4 Å². The van der Waals surface area contributed by atoms with Crippen LogP contribution in [-0.2, 0) is 16.0 Å². The number of hydrogen-bond acceptors (Lipinski definition) is 5. The Balaban J connectivity index is 1.58. The van der Waals surface area contributed by atoms with Crippen LogP contribution in [0.25, 0.3) is 5.76 Å². The first-order chi connectivity index (χ1) is 18.5. The topological polar surface area (TPSA) is 76.1 Å². The lowest BCUT2D eigenvalue weighted by Gasteiger charge is -2.26. The predicted octanol–water partition coefficient (Wildman–Crippen LogP) is 6.15. The van der Waals surface area contributed by atoms with Gasteiger partial charge in [-0.1, -0.05) is 72.8 Å². The van der Waals surface area contributed by atoms with Crippen molar-refractivity contribution in [2.24, 2.45) is 0 Å². The van der Waals surface area contributed by atoms with Crippen LogP contribution in [0.15, 0.2) is 115 Å². The Morgan fingerprint density at radius 3 is 2.18 bits per heavy atom. The number of aliphatic hydroxyl groups is 1. The van der Waals surface area contributed by atoms with Gasteiger partial charge >= 0.3 is 0 Å². The summed E-state index contributed by atoms with van der Waals surface area (Å²) in [5.74, 6) is 0.136. The van der Waals surface area contributed by atoms with Gasteiger partial charge in [-0.2, -0.15) is 0 Å². The summed E-state index contributed by atoms with van der Waals surface area (Å²) in [5.41, 5.74) is 2.14. The van der Waals surface area contributed by atoms with E-state index in [1.165, 1.54) is 12.0 Å². The van der Waals surface area contributed by atoms with Crippen LogP contribution in [0, 0.1) is 0 Å². The number of nitrogens with zero attached hydrogens (tertiary/aromatic N) is 1. The largest absolute Gasteiger partial charge is 0.507 e. The number of benzene rings is 4. The lowest BCUT2D eigenvalue weighted by molar-refractivity contribution is -0.139. The Kier molecular flexibility index (Phi) is 7.22. The second-order valence-corrected chi connectivity index (χ2v) is 8.95. The third kappa shape index (κ3) is 5.15. The number of para-hydroxylation sites is 1. The van der Waals surface area contributed by atoms with Gasteiger partial charge in [-0.3, -0.25) is 9.59 Å². The predicted molar refractivity (Wildman–Crippen MR) is 145 cm³/mol. The van der Waals surface area contributed by atoms with Crippen LogP contribution in [0.5, 0.6) is 17.2 Å². The zero-order valence-electron chi connectivity index (χ0n) is 20.9. The summed E-state index contributed by atoms with van der Waals surface area (Å²) in [5, 5.41) is 11.4. The molecule has 1 aliphatic rings. The van der Waals surface area contributed by atoms with E-state index >= 15 is 0 Å². The second kappa shape index (κ2) is 11.0. The molecule has 5 rings (SSSR count). The normalized spacial score (nSPS) is 16.4. The van der Waals surface area contributed by atoms with Crippen molar-refractivity contribution in [3.05, 3.63) is 131 Å². The lowest BCUT2D eigenvalue weighted by atomic mass is 9.95. The highest BCUT2D eigenvalue weighted by Gasteiger charge is 2.46. The minimum atomic E-state index is -0.788. The number of ketones is 1. The quantitative estimate of drug-likeness (QED) is 0.177. The molecule has 1 aliphatic heterocycles. The standard InChI is InChI=1S/C32H27NO5/c1-37-26-16-9-13-24(21-26)30(34)28-29(23-12-8-17-27(20-23)38-25-14-6-3-7-15-25)33(32(36)31(28)35)19-18-22-10-4-2-5-11-22/h2-17,20-21,29,34H,18-19H2,1H3. The number of ether oxygens (including phenoxy) is 2. The van der Waals surface area contributed by atoms with Crippen molar-refractivity contribution in [3.8, 4) is 17.2 Å². The van der Waals surface area contributed by atoms with Crippen molar-refractivity contribution in [3.63, 3.8) is 0 Å². The fourth-order valence-electron chi connectivity index (χ4n) is 4.65. The summed E-state index contributed by atoms with van der Waals surface area (Å²) >= 11 is 0. The number of carbonyl (C=O) groups is 2. The number of aliphatic hydroxyl groups excluding tert-OH is 1. The van der Waals surface area contributed by atoms with Gasteiger partial charge in [-0.15, -0.1) is 0 Å². The maximum absolute atomic E-state index is 13.4. The molecule has 0 aromatic heterocycles. The van der Waals surface area contributed by atoms with Crippen molar-refractivity contribution < 1.29 is 24.2 Å². The molecule has 0 bridgehead atoms. The molecule has 6 heteroatoms. The number of likely N-dealkylation sites (tertiary alicyclic amines) is 1. The Hall–Kier alpha value is -4.84. The first kappa shape index (κ1) is 24.8. The van der Waals surface area contributed by atoms with Crippen LogP contribution < -0.4 is 9.47 Å². The molecule has 1 unspecified atom stereocenters. The van der Waals surface area contributed by atoms with Crippen LogP contribution in [-0.4, -0.2) is 35.4 Å². The minimum Gasteiger partial charge on any atom is -0.507 e. The van der Waals surface area contributed by atoms with Gasteiger partial charge in [-0.05, 0) is 53.9 Å². The van der Waals surface area contributed by atoms with Gasteiger partial charge in [0, 0.05) is 12.1 Å². The summed E-state index contributed by atoms with van der Waals surface area (Å²) < 4.78 is 11.3. The maximum Gasteiger partial charge on any atom is 0.295 e. The van der Waals surface area contributed by atoms with Crippen molar-refractivity contribution in [1.29, 1.82) is 0 Å². The van der Waals surface area contributed by atoms with Crippen molar-refractivity contribution in [1.82, 2.24) is 4.90 Å². The zero-order chi connectivity index (χ0) is 26.5. The Morgan fingerprint density at radius 2 is 1.45 bits per heavy atom. The van der Waals surface area contributed by atoms with E-state index in [1.807, 2.05) is 78.9 Å². The molecule has 1 atom stereocenters. The van der Waals surface area contributed by atoms with E-state index in [2.05, 4.69) is 0 Å². The van der Waals surface area contributed by atoms with E-state index in [1.54, 1.807) is 30.3 Å². The number of rotatable bonds is 8. The van der Waals surface area contributed by atoms with Crippen LogP contribution in [0.4, 0.5) is 0 Å². The fraction of sp³-hybridized carbons (Fsp3) is 0.125. The molecule has 0 spiro atoms. The molecule has 0 aliphatic carbocycles. The van der Waals surface area contributed by atoms with Crippen molar-refractivity contribution in [2.75, 3.05) is 13.7 Å². The molecule has 1 amide bonds. The second-order valence-electron chi connectivity index (χ2n) is 8.95. The van der Waals surface area contributed by atoms with Crippen LogP contribution in [0.1, 0.15) is 22.7 Å². The highest BCUT2D eigenvalue weighted by Crippen LogP contribution is 2.41. The maximum atomic E-state index is 13.4.